The van der Waals surface area contributed by atoms with Crippen LogP contribution >= 0.6 is 0 Å². The van der Waals surface area contributed by atoms with E-state index in [0.29, 0.717) is 13.2 Å². The molecular weight excluding hydrogens is 440 g/mol. The normalized spacial score (nSPS) is 15.2. The van der Waals surface area contributed by atoms with E-state index in [-0.39, 0.29) is 6.04 Å². The van der Waals surface area contributed by atoms with Crippen molar-refractivity contribution < 1.29 is 18.9 Å². The summed E-state index contributed by atoms with van der Waals surface area (Å²) in [5, 5.41) is 3.52. The van der Waals surface area contributed by atoms with E-state index in [1.165, 1.54) is 0 Å². The van der Waals surface area contributed by atoms with Crippen LogP contribution < -0.4 is 24.3 Å². The van der Waals surface area contributed by atoms with E-state index in [1.807, 2.05) is 43.3 Å². The molecule has 1 N–H and O–H groups in total. The van der Waals surface area contributed by atoms with Crippen molar-refractivity contribution in [3.05, 3.63) is 83.4 Å². The summed E-state index contributed by atoms with van der Waals surface area (Å²) in [6.07, 6.45) is 1.08. The number of rotatable bonds is 10. The minimum atomic E-state index is -0.0117. The Bertz CT molecular complexity index is 1070. The third-order valence-electron chi connectivity index (χ3n) is 6.29. The van der Waals surface area contributed by atoms with Crippen LogP contribution in [0.5, 0.6) is 23.0 Å². The molecule has 0 saturated carbocycles. The van der Waals surface area contributed by atoms with Gasteiger partial charge in [-0.15, -0.1) is 0 Å². The van der Waals surface area contributed by atoms with Gasteiger partial charge in [0, 0.05) is 25.2 Å². The first kappa shape index (κ1) is 24.9. The Balaban J connectivity index is 1.73. The van der Waals surface area contributed by atoms with E-state index in [9.17, 15) is 0 Å². The fourth-order valence-corrected chi connectivity index (χ4v) is 4.58. The van der Waals surface area contributed by atoms with Crippen LogP contribution in [-0.4, -0.2) is 51.9 Å². The lowest BCUT2D eigenvalue weighted by Gasteiger charge is -2.32. The first-order valence-corrected chi connectivity index (χ1v) is 12.3. The van der Waals surface area contributed by atoms with Crippen molar-refractivity contribution in [2.24, 2.45) is 0 Å². The van der Waals surface area contributed by atoms with Gasteiger partial charge < -0.3 is 24.3 Å². The molecule has 6 heteroatoms. The monoisotopic (exact) mass is 476 g/mol. The lowest BCUT2D eigenvalue weighted by atomic mass is 9.95. The third-order valence-corrected chi connectivity index (χ3v) is 6.29. The smallest absolute Gasteiger partial charge is 0.161 e. The molecule has 0 amide bonds. The number of nitrogens with zero attached hydrogens (tertiary/aromatic N) is 1. The minimum absolute atomic E-state index is 0.0117. The molecule has 0 aliphatic carbocycles. The van der Waals surface area contributed by atoms with Gasteiger partial charge in [0.25, 0.3) is 0 Å². The Morgan fingerprint density at radius 3 is 2.43 bits per heavy atom. The minimum Gasteiger partial charge on any atom is -0.497 e. The maximum atomic E-state index is 6.17. The van der Waals surface area contributed by atoms with Crippen molar-refractivity contribution in [1.29, 1.82) is 0 Å². The van der Waals surface area contributed by atoms with Crippen LogP contribution in [-0.2, 0) is 6.61 Å². The first-order valence-electron chi connectivity index (χ1n) is 12.3. The van der Waals surface area contributed by atoms with E-state index in [0.717, 1.165) is 72.3 Å². The Hall–Kier alpha value is -3.22. The van der Waals surface area contributed by atoms with E-state index >= 15 is 0 Å². The molecule has 0 radical (unpaired) electrons. The molecule has 1 atom stereocenters. The summed E-state index contributed by atoms with van der Waals surface area (Å²) in [7, 11) is 3.42. The lowest BCUT2D eigenvalue weighted by Crippen LogP contribution is -2.33. The molecule has 1 fully saturated rings. The van der Waals surface area contributed by atoms with Crippen molar-refractivity contribution in [2.45, 2.75) is 26.0 Å². The molecule has 186 valence electrons. The molecular formula is C29H36N2O4. The van der Waals surface area contributed by atoms with Crippen molar-refractivity contribution in [3.8, 4) is 23.0 Å². The predicted molar refractivity (Wildman–Crippen MR) is 139 cm³/mol. The predicted octanol–water partition coefficient (Wildman–Crippen LogP) is 5.07. The summed E-state index contributed by atoms with van der Waals surface area (Å²) in [6, 6.07) is 22.5. The summed E-state index contributed by atoms with van der Waals surface area (Å²) < 4.78 is 23.6. The largest absolute Gasteiger partial charge is 0.497 e. The van der Waals surface area contributed by atoms with E-state index in [2.05, 4.69) is 40.5 Å². The Kier molecular flexibility index (Phi) is 8.87. The Morgan fingerprint density at radius 1 is 0.829 bits per heavy atom. The molecule has 0 spiro atoms. The highest BCUT2D eigenvalue weighted by molar-refractivity contribution is 5.50. The topological polar surface area (TPSA) is 52.2 Å². The van der Waals surface area contributed by atoms with Crippen LogP contribution in [0.4, 0.5) is 0 Å². The second-order valence-electron chi connectivity index (χ2n) is 8.56. The first-order chi connectivity index (χ1) is 17.2. The van der Waals surface area contributed by atoms with Crippen LogP contribution in [0, 0.1) is 0 Å². The number of ether oxygens (including phenoxy) is 4. The number of nitrogens with one attached hydrogen (secondary N) is 1. The van der Waals surface area contributed by atoms with Gasteiger partial charge in [0.05, 0.1) is 26.9 Å². The highest BCUT2D eigenvalue weighted by Crippen LogP contribution is 2.40. The van der Waals surface area contributed by atoms with Crippen LogP contribution in [0.15, 0.2) is 66.7 Å². The molecule has 35 heavy (non-hydrogen) atoms. The second kappa shape index (κ2) is 12.5. The van der Waals surface area contributed by atoms with Crippen LogP contribution in [0.25, 0.3) is 0 Å². The fraction of sp³-hybridized carbons (Fsp3) is 0.379. The summed E-state index contributed by atoms with van der Waals surface area (Å²) in [6.45, 7) is 6.93. The van der Waals surface area contributed by atoms with E-state index in [1.54, 1.807) is 14.2 Å². The molecule has 1 saturated heterocycles. The third kappa shape index (κ3) is 6.27. The van der Waals surface area contributed by atoms with Crippen LogP contribution in [0.1, 0.15) is 36.1 Å². The number of methoxy groups -OCH3 is 2. The van der Waals surface area contributed by atoms with E-state index in [4.69, 9.17) is 18.9 Å². The zero-order chi connectivity index (χ0) is 24.5. The number of hydrogen-bond donors (Lipinski definition) is 1. The Labute approximate surface area is 208 Å². The highest BCUT2D eigenvalue weighted by Gasteiger charge is 2.27. The Morgan fingerprint density at radius 2 is 1.66 bits per heavy atom. The average Bonchev–Trinajstić information content (AvgIpc) is 3.18. The van der Waals surface area contributed by atoms with Gasteiger partial charge in [0.1, 0.15) is 18.1 Å². The van der Waals surface area contributed by atoms with Gasteiger partial charge in [-0.25, -0.2) is 0 Å². The fourth-order valence-electron chi connectivity index (χ4n) is 4.58. The van der Waals surface area contributed by atoms with Crippen molar-refractivity contribution in [3.63, 3.8) is 0 Å². The van der Waals surface area contributed by atoms with Gasteiger partial charge in [-0.2, -0.15) is 0 Å². The zero-order valence-corrected chi connectivity index (χ0v) is 21.0. The molecule has 1 aliphatic rings. The van der Waals surface area contributed by atoms with Crippen molar-refractivity contribution >= 4 is 0 Å². The quantitative estimate of drug-likeness (QED) is 0.441. The van der Waals surface area contributed by atoms with Gasteiger partial charge in [0.2, 0.25) is 0 Å². The van der Waals surface area contributed by atoms with Crippen LogP contribution in [0.3, 0.4) is 0 Å². The molecule has 1 unspecified atom stereocenters. The molecule has 0 aromatic heterocycles. The molecule has 3 aromatic rings. The van der Waals surface area contributed by atoms with Crippen molar-refractivity contribution in [2.75, 3.05) is 47.0 Å². The van der Waals surface area contributed by atoms with Gasteiger partial charge in [-0.1, -0.05) is 36.4 Å². The molecule has 1 heterocycles. The SMILES string of the molecule is CCOc1cc(C(c2cc(OC)ccc2OC)N2CCCNCC2)ccc1OCc1ccccc1. The summed E-state index contributed by atoms with van der Waals surface area (Å²) in [5.41, 5.74) is 3.33. The van der Waals surface area contributed by atoms with Gasteiger partial charge >= 0.3 is 0 Å². The average molecular weight is 477 g/mol. The zero-order valence-electron chi connectivity index (χ0n) is 21.0. The summed E-state index contributed by atoms with van der Waals surface area (Å²) >= 11 is 0. The number of hydrogen-bond acceptors (Lipinski definition) is 6. The molecule has 4 rings (SSSR count). The maximum Gasteiger partial charge on any atom is 0.161 e. The summed E-state index contributed by atoms with van der Waals surface area (Å²) in [4.78, 5) is 2.51. The maximum absolute atomic E-state index is 6.17. The molecule has 0 bridgehead atoms. The van der Waals surface area contributed by atoms with Gasteiger partial charge in [0.15, 0.2) is 11.5 Å². The second-order valence-corrected chi connectivity index (χ2v) is 8.56. The van der Waals surface area contributed by atoms with Crippen molar-refractivity contribution in [1.82, 2.24) is 10.2 Å². The molecule has 3 aromatic carbocycles. The van der Waals surface area contributed by atoms with E-state index < -0.39 is 0 Å². The lowest BCUT2D eigenvalue weighted by molar-refractivity contribution is 0.233. The van der Waals surface area contributed by atoms with Crippen LogP contribution in [0.2, 0.25) is 0 Å². The number of benzene rings is 3. The van der Waals surface area contributed by atoms with Gasteiger partial charge in [-0.3, -0.25) is 4.90 Å². The molecule has 1 aliphatic heterocycles. The summed E-state index contributed by atoms with van der Waals surface area (Å²) in [5.74, 6) is 3.15. The van der Waals surface area contributed by atoms with Gasteiger partial charge in [-0.05, 0) is 61.3 Å². The molecule has 6 nitrogen and oxygen atoms in total. The highest BCUT2D eigenvalue weighted by atomic mass is 16.5. The standard InChI is InChI=1S/C29H36N2O4/c1-4-34-28-19-23(11-13-27(28)35-21-22-9-6-5-7-10-22)29(31-17-8-15-30-16-18-31)25-20-24(32-2)12-14-26(25)33-3/h5-7,9-14,19-20,29-30H,4,8,15-18,21H2,1-3H3.